The average Bonchev–Trinajstić information content (AvgIpc) is 3.27. The molecule has 2 unspecified atom stereocenters. The van der Waals surface area contributed by atoms with Crippen LogP contribution in [0.15, 0.2) is 70.4 Å². The lowest BCUT2D eigenvalue weighted by Gasteiger charge is -2.19. The van der Waals surface area contributed by atoms with E-state index in [1.165, 1.54) is 6.20 Å². The van der Waals surface area contributed by atoms with Gasteiger partial charge in [-0.2, -0.15) is 8.62 Å². The van der Waals surface area contributed by atoms with Crippen LogP contribution in [0.2, 0.25) is 0 Å². The first-order valence-corrected chi connectivity index (χ1v) is 16.8. The van der Waals surface area contributed by atoms with Gasteiger partial charge in [0, 0.05) is 12.6 Å². The molecule has 0 bridgehead atoms. The first-order chi connectivity index (χ1) is 20.1. The Bertz CT molecular complexity index is 1690. The molecule has 6 N–H and O–H groups in total. The number of rotatable bonds is 13. The summed E-state index contributed by atoms with van der Waals surface area (Å²) in [6, 6.07) is 17.2. The fourth-order valence-electron chi connectivity index (χ4n) is 4.17. The van der Waals surface area contributed by atoms with Crippen LogP contribution in [0.3, 0.4) is 0 Å². The molecule has 4 rings (SSSR count). The van der Waals surface area contributed by atoms with Gasteiger partial charge in [0.05, 0.1) is 31.5 Å². The normalized spacial score (nSPS) is 21.7. The number of nitrogens with zero attached hydrogens (tertiary/aromatic N) is 1. The Morgan fingerprint density at radius 2 is 1.53 bits per heavy atom. The molecule has 1 fully saturated rings. The number of phosphoric ester groups is 1. The second kappa shape index (κ2) is 13.6. The topological polar surface area (TPSA) is 253 Å². The summed E-state index contributed by atoms with van der Waals surface area (Å²) in [5.74, 6) is 0. The van der Waals surface area contributed by atoms with Crippen molar-refractivity contribution in [2.45, 2.75) is 38.1 Å². The number of phosphoric acid groups is 3. The van der Waals surface area contributed by atoms with Gasteiger partial charge in [0.15, 0.2) is 0 Å². The van der Waals surface area contributed by atoms with Crippen molar-refractivity contribution in [3.05, 3.63) is 92.8 Å². The van der Waals surface area contributed by atoms with Crippen molar-refractivity contribution in [2.75, 3.05) is 6.61 Å². The molecule has 5 atom stereocenters. The molecule has 0 spiro atoms. The molecule has 43 heavy (non-hydrogen) atoms. The summed E-state index contributed by atoms with van der Waals surface area (Å²) in [7, 11) is -16.8. The highest BCUT2D eigenvalue weighted by atomic mass is 31.3. The van der Waals surface area contributed by atoms with Gasteiger partial charge in [-0.15, -0.1) is 0 Å². The van der Waals surface area contributed by atoms with Crippen molar-refractivity contribution in [1.82, 2.24) is 9.55 Å². The van der Waals surface area contributed by atoms with Crippen LogP contribution in [0, 0.1) is 0 Å². The van der Waals surface area contributed by atoms with E-state index in [9.17, 15) is 38.2 Å². The van der Waals surface area contributed by atoms with Gasteiger partial charge in [0.1, 0.15) is 12.3 Å². The molecule has 1 aliphatic heterocycles. The zero-order valence-corrected chi connectivity index (χ0v) is 24.6. The monoisotopic (exact) mass is 664 g/mol. The Morgan fingerprint density at radius 1 is 0.884 bits per heavy atom. The van der Waals surface area contributed by atoms with Crippen LogP contribution in [-0.2, 0) is 49.5 Å². The SMILES string of the molecule is O=c1[nH]c(=O)n([C@H]2C[C@@H](O)[C@@H](COP(=O)(O)OP(=O)(O)OP(=O)(O)O)O2)cc1COCc1ccccc1-c1ccccc1. The van der Waals surface area contributed by atoms with Crippen LogP contribution in [0.5, 0.6) is 0 Å². The van der Waals surface area contributed by atoms with Crippen LogP contribution in [0.4, 0.5) is 0 Å². The molecule has 2 heterocycles. The first-order valence-electron chi connectivity index (χ1n) is 12.3. The number of aliphatic hydroxyl groups is 1. The summed E-state index contributed by atoms with van der Waals surface area (Å²) in [5.41, 5.74) is 1.26. The molecular weight excluding hydrogens is 637 g/mol. The number of ether oxygens (including phenoxy) is 2. The lowest BCUT2D eigenvalue weighted by atomic mass is 10.0. The smallest absolute Gasteiger partial charge is 0.390 e. The Kier molecular flexibility index (Phi) is 10.5. The van der Waals surface area contributed by atoms with Gasteiger partial charge in [-0.05, 0) is 16.7 Å². The Balaban J connectivity index is 1.39. The summed E-state index contributed by atoms with van der Waals surface area (Å²) < 4.78 is 58.2. The van der Waals surface area contributed by atoms with Crippen LogP contribution < -0.4 is 11.2 Å². The molecule has 2 aromatic carbocycles. The molecule has 20 heteroatoms. The van der Waals surface area contributed by atoms with E-state index in [0.717, 1.165) is 21.3 Å². The van der Waals surface area contributed by atoms with E-state index in [0.29, 0.717) is 0 Å². The van der Waals surface area contributed by atoms with Crippen molar-refractivity contribution in [3.8, 4) is 11.1 Å². The third-order valence-electron chi connectivity index (χ3n) is 5.99. The highest BCUT2D eigenvalue weighted by Crippen LogP contribution is 2.66. The van der Waals surface area contributed by atoms with Crippen molar-refractivity contribution < 1.29 is 61.0 Å². The Hall–Kier alpha value is -2.59. The number of H-pyrrole nitrogens is 1. The summed E-state index contributed by atoms with van der Waals surface area (Å²) in [4.78, 5) is 63.2. The summed E-state index contributed by atoms with van der Waals surface area (Å²) in [6.45, 7) is -0.968. The minimum absolute atomic E-state index is 0.0617. The lowest BCUT2D eigenvalue weighted by molar-refractivity contribution is -0.0452. The molecule has 0 aliphatic carbocycles. The van der Waals surface area contributed by atoms with Crippen LogP contribution in [0.25, 0.3) is 11.1 Å². The van der Waals surface area contributed by atoms with Gasteiger partial charge >= 0.3 is 29.2 Å². The Morgan fingerprint density at radius 3 is 2.23 bits per heavy atom. The van der Waals surface area contributed by atoms with Crippen molar-refractivity contribution in [3.63, 3.8) is 0 Å². The molecule has 0 saturated carbocycles. The number of nitrogens with one attached hydrogen (secondary N) is 1. The van der Waals surface area contributed by atoms with E-state index in [1.54, 1.807) is 0 Å². The number of benzene rings is 2. The number of aliphatic hydroxyl groups excluding tert-OH is 1. The maximum atomic E-state index is 12.5. The third kappa shape index (κ3) is 9.45. The minimum atomic E-state index is -5.73. The van der Waals surface area contributed by atoms with Gasteiger partial charge in [-0.25, -0.2) is 18.5 Å². The molecule has 0 amide bonds. The van der Waals surface area contributed by atoms with Crippen LogP contribution >= 0.6 is 23.5 Å². The standard InChI is InChI=1S/C23H27N2O15P3/c26-19-10-21(38-20(19)14-37-42(32,33)40-43(34,35)39-41(29,30)31)25-11-17(22(27)24-23(25)28)13-36-12-16-8-4-5-9-18(16)15-6-2-1-3-7-15/h1-9,11,19-21,26H,10,12-14H2,(H,32,33)(H,34,35)(H,24,27,28)(H2,29,30,31)/t19-,20-,21-/m1/s1. The number of aromatic nitrogens is 2. The second-order valence-electron chi connectivity index (χ2n) is 9.16. The van der Waals surface area contributed by atoms with E-state index >= 15 is 0 Å². The second-order valence-corrected chi connectivity index (χ2v) is 13.6. The zero-order valence-electron chi connectivity index (χ0n) is 21.9. The fourth-order valence-corrected chi connectivity index (χ4v) is 7.20. The van der Waals surface area contributed by atoms with Crippen molar-refractivity contribution in [1.29, 1.82) is 0 Å². The van der Waals surface area contributed by atoms with Crippen LogP contribution in [-0.4, -0.2) is 53.0 Å². The molecule has 1 aromatic heterocycles. The maximum absolute atomic E-state index is 12.5. The van der Waals surface area contributed by atoms with Gasteiger partial charge in [0.2, 0.25) is 0 Å². The molecule has 234 valence electrons. The number of aromatic amines is 1. The molecule has 3 aromatic rings. The van der Waals surface area contributed by atoms with Gasteiger partial charge < -0.3 is 34.2 Å². The highest BCUT2D eigenvalue weighted by Gasteiger charge is 2.43. The lowest BCUT2D eigenvalue weighted by Crippen LogP contribution is -2.34. The van der Waals surface area contributed by atoms with E-state index < -0.39 is 59.8 Å². The van der Waals surface area contributed by atoms with Gasteiger partial charge in [-0.1, -0.05) is 54.6 Å². The third-order valence-corrected chi connectivity index (χ3v) is 9.79. The highest BCUT2D eigenvalue weighted by molar-refractivity contribution is 7.66. The first kappa shape index (κ1) is 33.3. The summed E-state index contributed by atoms with van der Waals surface area (Å²) in [5, 5.41) is 10.3. The zero-order chi connectivity index (χ0) is 31.4. The van der Waals surface area contributed by atoms with E-state index in [-0.39, 0.29) is 25.2 Å². The van der Waals surface area contributed by atoms with Gasteiger partial charge in [0.25, 0.3) is 5.56 Å². The fraction of sp³-hybridized carbons (Fsp3) is 0.304. The predicted octanol–water partition coefficient (Wildman–Crippen LogP) is 1.91. The average molecular weight is 664 g/mol. The van der Waals surface area contributed by atoms with Gasteiger partial charge in [-0.3, -0.25) is 18.9 Å². The minimum Gasteiger partial charge on any atom is -0.390 e. The molecule has 1 saturated heterocycles. The summed E-state index contributed by atoms with van der Waals surface area (Å²) >= 11 is 0. The molecule has 17 nitrogen and oxygen atoms in total. The molecule has 1 aliphatic rings. The molecular formula is C23H27N2O15P3. The maximum Gasteiger partial charge on any atom is 0.490 e. The van der Waals surface area contributed by atoms with E-state index in [1.807, 2.05) is 54.6 Å². The quantitative estimate of drug-likeness (QED) is 0.143. The van der Waals surface area contributed by atoms with Crippen molar-refractivity contribution >= 4 is 23.5 Å². The largest absolute Gasteiger partial charge is 0.490 e. The Labute approximate surface area is 242 Å². The summed E-state index contributed by atoms with van der Waals surface area (Å²) in [6.07, 6.45) is -2.98. The van der Waals surface area contributed by atoms with Crippen molar-refractivity contribution in [2.24, 2.45) is 0 Å². The predicted molar refractivity (Wildman–Crippen MR) is 146 cm³/mol. The molecule has 0 radical (unpaired) electrons. The number of hydrogen-bond donors (Lipinski definition) is 6. The van der Waals surface area contributed by atoms with E-state index in [4.69, 9.17) is 19.3 Å². The van der Waals surface area contributed by atoms with E-state index in [2.05, 4.69) is 18.1 Å². The van der Waals surface area contributed by atoms with Crippen LogP contribution in [0.1, 0.15) is 23.8 Å². The number of hydrogen-bond acceptors (Lipinski definition) is 11.